The SMILES string of the molecule is C1=Cc2ncccc2CC1. The maximum atomic E-state index is 4.23. The molecule has 0 saturated carbocycles. The molecule has 0 unspecified atom stereocenters. The minimum Gasteiger partial charge on any atom is -0.257 e. The Bertz CT molecular complexity index is 263. The number of pyridine rings is 1. The van der Waals surface area contributed by atoms with Gasteiger partial charge in [0.25, 0.3) is 0 Å². The number of aromatic nitrogens is 1. The van der Waals surface area contributed by atoms with Gasteiger partial charge in [0.05, 0.1) is 5.69 Å². The summed E-state index contributed by atoms with van der Waals surface area (Å²) in [5.74, 6) is 0. The summed E-state index contributed by atoms with van der Waals surface area (Å²) >= 11 is 0. The number of nitrogens with zero attached hydrogens (tertiary/aromatic N) is 1. The maximum Gasteiger partial charge on any atom is 0.0658 e. The van der Waals surface area contributed by atoms with E-state index in [1.807, 2.05) is 12.3 Å². The van der Waals surface area contributed by atoms with Crippen LogP contribution in [-0.2, 0) is 6.42 Å². The van der Waals surface area contributed by atoms with Crippen molar-refractivity contribution in [2.45, 2.75) is 12.8 Å². The van der Waals surface area contributed by atoms with Crippen LogP contribution in [0.15, 0.2) is 24.4 Å². The van der Waals surface area contributed by atoms with Crippen LogP contribution in [0.25, 0.3) is 6.08 Å². The smallest absolute Gasteiger partial charge is 0.0658 e. The van der Waals surface area contributed by atoms with Crippen molar-refractivity contribution in [2.24, 2.45) is 0 Å². The van der Waals surface area contributed by atoms with Crippen molar-refractivity contribution in [1.82, 2.24) is 4.98 Å². The molecule has 1 heterocycles. The van der Waals surface area contributed by atoms with Crippen LogP contribution in [0, 0.1) is 0 Å². The first kappa shape index (κ1) is 5.66. The van der Waals surface area contributed by atoms with E-state index in [1.54, 1.807) is 0 Å². The van der Waals surface area contributed by atoms with Crippen molar-refractivity contribution in [3.05, 3.63) is 35.7 Å². The Labute approximate surface area is 60.4 Å². The van der Waals surface area contributed by atoms with Crippen molar-refractivity contribution < 1.29 is 0 Å². The van der Waals surface area contributed by atoms with Crippen LogP contribution >= 0.6 is 0 Å². The third-order valence-corrected chi connectivity index (χ3v) is 1.78. The molecule has 0 aliphatic heterocycles. The van der Waals surface area contributed by atoms with Crippen LogP contribution in [0.3, 0.4) is 0 Å². The third kappa shape index (κ3) is 0.838. The van der Waals surface area contributed by atoms with Crippen LogP contribution in [0.2, 0.25) is 0 Å². The monoisotopic (exact) mass is 131 g/mol. The first-order chi connectivity index (χ1) is 4.97. The number of allylic oxidation sites excluding steroid dienone is 1. The van der Waals surface area contributed by atoms with Crippen molar-refractivity contribution in [2.75, 3.05) is 0 Å². The van der Waals surface area contributed by atoms with Gasteiger partial charge in [0.15, 0.2) is 0 Å². The first-order valence-corrected chi connectivity index (χ1v) is 3.57. The minimum absolute atomic E-state index is 1.15. The summed E-state index contributed by atoms with van der Waals surface area (Å²) in [5, 5.41) is 0. The van der Waals surface area contributed by atoms with Crippen LogP contribution in [0.5, 0.6) is 0 Å². The summed E-state index contributed by atoms with van der Waals surface area (Å²) in [6.07, 6.45) is 8.43. The number of hydrogen-bond donors (Lipinski definition) is 0. The largest absolute Gasteiger partial charge is 0.257 e. The summed E-state index contributed by atoms with van der Waals surface area (Å²) in [5.41, 5.74) is 2.53. The Morgan fingerprint density at radius 1 is 1.40 bits per heavy atom. The highest BCUT2D eigenvalue weighted by Crippen LogP contribution is 2.15. The molecule has 0 aromatic carbocycles. The lowest BCUT2D eigenvalue weighted by molar-refractivity contribution is 0.964. The summed E-state index contributed by atoms with van der Waals surface area (Å²) < 4.78 is 0. The summed E-state index contributed by atoms with van der Waals surface area (Å²) in [6, 6.07) is 4.14. The maximum absolute atomic E-state index is 4.23. The van der Waals surface area contributed by atoms with E-state index in [9.17, 15) is 0 Å². The van der Waals surface area contributed by atoms with Gasteiger partial charge in [-0.25, -0.2) is 0 Å². The Kier molecular flexibility index (Phi) is 1.28. The molecule has 0 bridgehead atoms. The van der Waals surface area contributed by atoms with Gasteiger partial charge in [-0.05, 0) is 30.5 Å². The molecule has 1 aliphatic rings. The van der Waals surface area contributed by atoms with E-state index in [4.69, 9.17) is 0 Å². The topological polar surface area (TPSA) is 12.9 Å². The van der Waals surface area contributed by atoms with E-state index < -0.39 is 0 Å². The second-order valence-electron chi connectivity index (χ2n) is 2.49. The van der Waals surface area contributed by atoms with Crippen LogP contribution < -0.4 is 0 Å². The molecule has 0 N–H and O–H groups in total. The zero-order valence-corrected chi connectivity index (χ0v) is 5.75. The fourth-order valence-corrected chi connectivity index (χ4v) is 1.25. The fourth-order valence-electron chi connectivity index (χ4n) is 1.25. The van der Waals surface area contributed by atoms with Crippen molar-refractivity contribution in [1.29, 1.82) is 0 Å². The van der Waals surface area contributed by atoms with Gasteiger partial charge in [0.2, 0.25) is 0 Å². The molecule has 1 heteroatoms. The molecule has 2 rings (SSSR count). The van der Waals surface area contributed by atoms with E-state index >= 15 is 0 Å². The van der Waals surface area contributed by atoms with Gasteiger partial charge in [0.1, 0.15) is 0 Å². The highest BCUT2D eigenvalue weighted by Gasteiger charge is 2.01. The lowest BCUT2D eigenvalue weighted by Crippen LogP contribution is -1.94. The molecule has 0 spiro atoms. The summed E-state index contributed by atoms with van der Waals surface area (Å²) in [7, 11) is 0. The highest BCUT2D eigenvalue weighted by atomic mass is 14.7. The minimum atomic E-state index is 1.15. The Balaban J connectivity index is 2.54. The van der Waals surface area contributed by atoms with Gasteiger partial charge in [-0.3, -0.25) is 4.98 Å². The van der Waals surface area contributed by atoms with E-state index in [2.05, 4.69) is 23.2 Å². The van der Waals surface area contributed by atoms with E-state index in [1.165, 1.54) is 12.0 Å². The zero-order valence-electron chi connectivity index (χ0n) is 5.75. The molecular formula is C9H9N. The third-order valence-electron chi connectivity index (χ3n) is 1.78. The van der Waals surface area contributed by atoms with E-state index in [0.29, 0.717) is 0 Å². The molecule has 1 aromatic rings. The van der Waals surface area contributed by atoms with Crippen LogP contribution in [0.4, 0.5) is 0 Å². The first-order valence-electron chi connectivity index (χ1n) is 3.57. The Hall–Kier alpha value is -1.11. The molecule has 50 valence electrons. The molecule has 10 heavy (non-hydrogen) atoms. The van der Waals surface area contributed by atoms with E-state index in [-0.39, 0.29) is 0 Å². The quantitative estimate of drug-likeness (QED) is 0.525. The van der Waals surface area contributed by atoms with Gasteiger partial charge in [-0.1, -0.05) is 12.1 Å². The predicted octanol–water partition coefficient (Wildman–Crippen LogP) is 2.04. The number of hydrogen-bond acceptors (Lipinski definition) is 1. The van der Waals surface area contributed by atoms with Gasteiger partial charge >= 0.3 is 0 Å². The normalized spacial score (nSPS) is 14.8. The summed E-state index contributed by atoms with van der Waals surface area (Å²) in [6.45, 7) is 0. The van der Waals surface area contributed by atoms with Crippen molar-refractivity contribution in [3.8, 4) is 0 Å². The molecule has 0 radical (unpaired) electrons. The predicted molar refractivity (Wildman–Crippen MR) is 41.6 cm³/mol. The van der Waals surface area contributed by atoms with Gasteiger partial charge in [-0.15, -0.1) is 0 Å². The molecule has 0 fully saturated rings. The highest BCUT2D eigenvalue weighted by molar-refractivity contribution is 5.51. The lowest BCUT2D eigenvalue weighted by Gasteiger charge is -2.06. The standard InChI is InChI=1S/C9H9N/c1-2-6-9-8(4-1)5-3-7-10-9/h2-3,5-7H,1,4H2. The second kappa shape index (κ2) is 2.25. The van der Waals surface area contributed by atoms with Crippen molar-refractivity contribution in [3.63, 3.8) is 0 Å². The molecule has 0 atom stereocenters. The average Bonchev–Trinajstić information content (AvgIpc) is 2.05. The van der Waals surface area contributed by atoms with E-state index in [0.717, 1.165) is 12.1 Å². The Morgan fingerprint density at radius 3 is 3.30 bits per heavy atom. The molecule has 0 amide bonds. The van der Waals surface area contributed by atoms with Gasteiger partial charge in [-0.2, -0.15) is 0 Å². The number of fused-ring (bicyclic) bond motifs is 1. The summed E-state index contributed by atoms with van der Waals surface area (Å²) in [4.78, 5) is 4.23. The Morgan fingerprint density at radius 2 is 2.40 bits per heavy atom. The molecular weight excluding hydrogens is 122 g/mol. The molecule has 0 saturated heterocycles. The van der Waals surface area contributed by atoms with Crippen LogP contribution in [-0.4, -0.2) is 4.98 Å². The molecule has 1 aliphatic carbocycles. The zero-order chi connectivity index (χ0) is 6.81. The number of rotatable bonds is 0. The van der Waals surface area contributed by atoms with Crippen LogP contribution in [0.1, 0.15) is 17.7 Å². The number of aryl methyl sites for hydroxylation is 1. The molecule has 1 aromatic heterocycles. The van der Waals surface area contributed by atoms with Gasteiger partial charge in [0, 0.05) is 6.20 Å². The lowest BCUT2D eigenvalue weighted by atomic mass is 10.0. The van der Waals surface area contributed by atoms with Gasteiger partial charge < -0.3 is 0 Å². The molecule has 1 nitrogen and oxygen atoms in total. The fraction of sp³-hybridized carbons (Fsp3) is 0.222. The average molecular weight is 131 g/mol. The second-order valence-corrected chi connectivity index (χ2v) is 2.49. The van der Waals surface area contributed by atoms with Crippen molar-refractivity contribution >= 4 is 6.08 Å².